The third-order valence-corrected chi connectivity index (χ3v) is 6.16. The minimum atomic E-state index is -5.08. The number of piperazine rings is 1. The number of alkyl halides is 3. The molecule has 0 saturated carbocycles. The van der Waals surface area contributed by atoms with E-state index < -0.39 is 12.1 Å². The fraction of sp³-hybridized carbons (Fsp3) is 0.407. The van der Waals surface area contributed by atoms with Crippen molar-refractivity contribution in [1.29, 1.82) is 0 Å². The van der Waals surface area contributed by atoms with Crippen LogP contribution in [0, 0.1) is 5.92 Å². The average Bonchev–Trinajstić information content (AvgIpc) is 2.83. The van der Waals surface area contributed by atoms with E-state index in [9.17, 15) is 18.0 Å². The Bertz CT molecular complexity index is 1080. The molecule has 2 aromatic rings. The van der Waals surface area contributed by atoms with Crippen LogP contribution in [0.4, 0.5) is 18.9 Å². The molecule has 2 aromatic carbocycles. The van der Waals surface area contributed by atoms with Crippen LogP contribution in [0.1, 0.15) is 43.1 Å². The van der Waals surface area contributed by atoms with Gasteiger partial charge >= 0.3 is 12.1 Å². The Morgan fingerprint density at radius 2 is 1.46 bits per heavy atom. The zero-order valence-electron chi connectivity index (χ0n) is 21.2. The molecule has 3 N–H and O–H groups in total. The first kappa shape index (κ1) is 30.2. The van der Waals surface area contributed by atoms with Gasteiger partial charge in [-0.1, -0.05) is 43.2 Å². The average molecular weight is 540 g/mol. The molecule has 1 fully saturated rings. The van der Waals surface area contributed by atoms with E-state index in [0.717, 1.165) is 49.9 Å². The lowest BCUT2D eigenvalue weighted by atomic mass is 9.92. The molecule has 3 rings (SSSR count). The summed E-state index contributed by atoms with van der Waals surface area (Å²) in [6.07, 6.45) is -4.01. The summed E-state index contributed by atoms with van der Waals surface area (Å²) >= 11 is 6.09. The zero-order valence-corrected chi connectivity index (χ0v) is 21.9. The predicted octanol–water partition coefficient (Wildman–Crippen LogP) is 5.71. The van der Waals surface area contributed by atoms with Crippen LogP contribution >= 0.6 is 11.6 Å². The molecular weight excluding hydrogens is 507 g/mol. The van der Waals surface area contributed by atoms with Crippen molar-refractivity contribution in [3.8, 4) is 0 Å². The van der Waals surface area contributed by atoms with Crippen LogP contribution < -0.4 is 10.6 Å². The number of benzene rings is 2. The minimum absolute atomic E-state index is 0.383. The Labute approximate surface area is 220 Å². The summed E-state index contributed by atoms with van der Waals surface area (Å²) in [7, 11) is 0. The lowest BCUT2D eigenvalue weighted by Gasteiger charge is -2.36. The lowest BCUT2D eigenvalue weighted by molar-refractivity contribution is -0.192. The van der Waals surface area contributed by atoms with E-state index in [2.05, 4.69) is 42.7 Å². The van der Waals surface area contributed by atoms with Crippen molar-refractivity contribution < 1.29 is 27.9 Å². The molecule has 0 atom stereocenters. The normalized spacial score (nSPS) is 15.1. The molecule has 1 aliphatic heterocycles. The predicted molar refractivity (Wildman–Crippen MR) is 141 cm³/mol. The molecule has 1 aliphatic rings. The Morgan fingerprint density at radius 3 is 1.89 bits per heavy atom. The number of carbonyl (C=O) groups excluding carboxylic acids is 1. The number of amides is 1. The summed E-state index contributed by atoms with van der Waals surface area (Å²) in [5, 5.41) is 7.90. The standard InChI is InChI=1S/C25H32ClN3O.C2HF3O2/c1-18(2)16-24(20-4-8-22(26)9-5-20)19(3)17-28-12-14-29(15-13-28)23-10-6-21(7-11-23)25(27)30;3-2(4,5)1(6)7/h4-11,18H,12-17H2,1-3H3,(H2,27,30);(H,6,7). The maximum atomic E-state index is 11.3. The topological polar surface area (TPSA) is 86.9 Å². The highest BCUT2D eigenvalue weighted by atomic mass is 35.5. The first-order chi connectivity index (χ1) is 17.3. The summed E-state index contributed by atoms with van der Waals surface area (Å²) in [5.41, 5.74) is 11.2. The van der Waals surface area contributed by atoms with Gasteiger partial charge in [0.25, 0.3) is 0 Å². The molecule has 6 nitrogen and oxygen atoms in total. The number of nitrogens with two attached hydrogens (primary N) is 1. The molecule has 0 aromatic heterocycles. The third kappa shape index (κ3) is 9.74. The van der Waals surface area contributed by atoms with Gasteiger partial charge in [-0.15, -0.1) is 0 Å². The molecule has 0 aliphatic carbocycles. The van der Waals surface area contributed by atoms with Crippen molar-refractivity contribution in [2.24, 2.45) is 11.7 Å². The highest BCUT2D eigenvalue weighted by Gasteiger charge is 2.38. The Hall–Kier alpha value is -3.04. The summed E-state index contributed by atoms with van der Waals surface area (Å²) in [4.78, 5) is 25.1. The number of anilines is 1. The molecule has 0 radical (unpaired) electrons. The van der Waals surface area contributed by atoms with Crippen molar-refractivity contribution >= 4 is 34.7 Å². The van der Waals surface area contributed by atoms with Gasteiger partial charge in [0.05, 0.1) is 0 Å². The number of hydrogen-bond acceptors (Lipinski definition) is 4. The Balaban J connectivity index is 0.000000604. The summed E-state index contributed by atoms with van der Waals surface area (Å²) in [6, 6.07) is 15.8. The third-order valence-electron chi connectivity index (χ3n) is 5.91. The van der Waals surface area contributed by atoms with E-state index in [1.807, 2.05) is 24.3 Å². The lowest BCUT2D eigenvalue weighted by Crippen LogP contribution is -2.46. The summed E-state index contributed by atoms with van der Waals surface area (Å²) in [6.45, 7) is 11.8. The first-order valence-corrected chi connectivity index (χ1v) is 12.3. The number of carboxylic acids is 1. The number of carbonyl (C=O) groups is 2. The molecule has 1 heterocycles. The van der Waals surface area contributed by atoms with E-state index >= 15 is 0 Å². The van der Waals surface area contributed by atoms with Gasteiger partial charge < -0.3 is 15.7 Å². The first-order valence-electron chi connectivity index (χ1n) is 11.9. The number of halogens is 4. The van der Waals surface area contributed by atoms with Gasteiger partial charge in [-0.2, -0.15) is 13.2 Å². The fourth-order valence-electron chi connectivity index (χ4n) is 4.03. The molecular formula is C27H33ClF3N3O3. The van der Waals surface area contributed by atoms with E-state index in [4.69, 9.17) is 27.2 Å². The van der Waals surface area contributed by atoms with Crippen molar-refractivity contribution in [2.75, 3.05) is 37.6 Å². The highest BCUT2D eigenvalue weighted by Crippen LogP contribution is 2.28. The molecule has 10 heteroatoms. The van der Waals surface area contributed by atoms with Gasteiger partial charge in [0, 0.05) is 49.0 Å². The van der Waals surface area contributed by atoms with Gasteiger partial charge in [-0.05, 0) is 66.8 Å². The van der Waals surface area contributed by atoms with Crippen LogP contribution in [0.15, 0.2) is 54.1 Å². The number of carboxylic acid groups (broad SMARTS) is 1. The minimum Gasteiger partial charge on any atom is -0.475 e. The van der Waals surface area contributed by atoms with E-state index in [1.165, 1.54) is 16.7 Å². The van der Waals surface area contributed by atoms with Crippen molar-refractivity contribution in [3.05, 3.63) is 70.3 Å². The summed E-state index contributed by atoms with van der Waals surface area (Å²) < 4.78 is 31.7. The SMILES string of the molecule is CC(CN1CCN(c2ccc(C(N)=O)cc2)CC1)=C(CC(C)C)c1ccc(Cl)cc1.O=C(O)C(F)(F)F. The van der Waals surface area contributed by atoms with Gasteiger partial charge in [0.15, 0.2) is 0 Å². The van der Waals surface area contributed by atoms with Crippen molar-refractivity contribution in [1.82, 2.24) is 4.90 Å². The monoisotopic (exact) mass is 539 g/mol. The molecule has 202 valence electrons. The Morgan fingerprint density at radius 1 is 0.973 bits per heavy atom. The number of aliphatic carboxylic acids is 1. The van der Waals surface area contributed by atoms with E-state index in [-0.39, 0.29) is 5.91 Å². The second-order valence-corrected chi connectivity index (χ2v) is 9.78. The van der Waals surface area contributed by atoms with Gasteiger partial charge in [-0.25, -0.2) is 4.79 Å². The quantitative estimate of drug-likeness (QED) is 0.470. The number of primary amides is 1. The summed E-state index contributed by atoms with van der Waals surface area (Å²) in [5.74, 6) is -2.54. The smallest absolute Gasteiger partial charge is 0.475 e. The zero-order chi connectivity index (χ0) is 27.8. The van der Waals surface area contributed by atoms with Crippen LogP contribution in [-0.4, -0.2) is 60.8 Å². The fourth-order valence-corrected chi connectivity index (χ4v) is 4.16. The second-order valence-electron chi connectivity index (χ2n) is 9.34. The van der Waals surface area contributed by atoms with Crippen LogP contribution in [0.3, 0.4) is 0 Å². The number of allylic oxidation sites excluding steroid dienone is 1. The molecule has 0 spiro atoms. The molecule has 0 unspecified atom stereocenters. The second kappa shape index (κ2) is 13.5. The van der Waals surface area contributed by atoms with Crippen molar-refractivity contribution in [3.63, 3.8) is 0 Å². The van der Waals surface area contributed by atoms with E-state index in [1.54, 1.807) is 12.1 Å². The Kier molecular flexibility index (Phi) is 11.0. The number of rotatable bonds is 7. The molecule has 1 amide bonds. The van der Waals surface area contributed by atoms with Crippen LogP contribution in [-0.2, 0) is 4.79 Å². The largest absolute Gasteiger partial charge is 0.490 e. The molecule has 1 saturated heterocycles. The van der Waals surface area contributed by atoms with Gasteiger partial charge in [0.1, 0.15) is 0 Å². The van der Waals surface area contributed by atoms with Crippen LogP contribution in [0.2, 0.25) is 5.02 Å². The highest BCUT2D eigenvalue weighted by molar-refractivity contribution is 6.30. The van der Waals surface area contributed by atoms with E-state index in [0.29, 0.717) is 11.5 Å². The number of hydrogen-bond donors (Lipinski definition) is 2. The maximum Gasteiger partial charge on any atom is 0.490 e. The van der Waals surface area contributed by atoms with Gasteiger partial charge in [-0.3, -0.25) is 9.69 Å². The molecule has 37 heavy (non-hydrogen) atoms. The molecule has 0 bridgehead atoms. The van der Waals surface area contributed by atoms with Gasteiger partial charge in [0.2, 0.25) is 5.91 Å². The van der Waals surface area contributed by atoms with Crippen molar-refractivity contribution in [2.45, 2.75) is 33.4 Å². The number of nitrogens with zero attached hydrogens (tertiary/aromatic N) is 2. The van der Waals surface area contributed by atoms with Crippen LogP contribution in [0.25, 0.3) is 5.57 Å². The van der Waals surface area contributed by atoms with Crippen LogP contribution in [0.5, 0.6) is 0 Å². The maximum absolute atomic E-state index is 11.3.